The van der Waals surface area contributed by atoms with Crippen molar-refractivity contribution < 1.29 is 19.8 Å². The third kappa shape index (κ3) is 14.4. The van der Waals surface area contributed by atoms with Crippen LogP contribution in [0.1, 0.15) is 96.8 Å². The predicted molar refractivity (Wildman–Crippen MR) is 98.1 cm³/mol. The van der Waals surface area contributed by atoms with Gasteiger partial charge in [-0.15, -0.1) is 0 Å². The summed E-state index contributed by atoms with van der Waals surface area (Å²) < 4.78 is 0. The van der Waals surface area contributed by atoms with E-state index in [-0.39, 0.29) is 6.42 Å². The first-order chi connectivity index (χ1) is 11.6. The Hall–Kier alpha value is -1.16. The van der Waals surface area contributed by atoms with E-state index in [2.05, 4.69) is 19.1 Å². The van der Waals surface area contributed by atoms with Crippen LogP contribution >= 0.6 is 0 Å². The number of ketones is 1. The van der Waals surface area contributed by atoms with Gasteiger partial charge in [-0.1, -0.05) is 70.4 Å². The van der Waals surface area contributed by atoms with Crippen molar-refractivity contribution in [2.24, 2.45) is 0 Å². The second kappa shape index (κ2) is 16.7. The quantitative estimate of drug-likeness (QED) is 0.221. The highest BCUT2D eigenvalue weighted by Crippen LogP contribution is 2.10. The van der Waals surface area contributed by atoms with Crippen molar-refractivity contribution in [3.63, 3.8) is 0 Å². The summed E-state index contributed by atoms with van der Waals surface area (Å²) in [6, 6.07) is 0. The number of unbranched alkanes of at least 4 members (excludes halogenated alkanes) is 11. The Morgan fingerprint density at radius 1 is 0.792 bits per heavy atom. The summed E-state index contributed by atoms with van der Waals surface area (Å²) in [5, 5.41) is 17.6. The summed E-state index contributed by atoms with van der Waals surface area (Å²) in [5.74, 6) is -2.03. The van der Waals surface area contributed by atoms with E-state index in [1.807, 2.05) is 0 Å². The van der Waals surface area contributed by atoms with Gasteiger partial charge in [0.15, 0.2) is 5.78 Å². The molecule has 0 aromatic heterocycles. The number of hydrogen-bond acceptors (Lipinski definition) is 3. The lowest BCUT2D eigenvalue weighted by molar-refractivity contribution is -0.152. The third-order valence-corrected chi connectivity index (χ3v) is 4.22. The van der Waals surface area contributed by atoms with Crippen molar-refractivity contribution in [2.75, 3.05) is 0 Å². The van der Waals surface area contributed by atoms with E-state index in [9.17, 15) is 9.59 Å². The zero-order chi connectivity index (χ0) is 18.0. The van der Waals surface area contributed by atoms with E-state index in [4.69, 9.17) is 10.2 Å². The maximum Gasteiger partial charge on any atom is 0.340 e. The number of aliphatic carboxylic acids is 1. The molecule has 0 spiro atoms. The molecule has 4 nitrogen and oxygen atoms in total. The Kier molecular flexibility index (Phi) is 15.9. The molecule has 0 saturated heterocycles. The molecule has 2 N–H and O–H groups in total. The third-order valence-electron chi connectivity index (χ3n) is 4.22. The van der Waals surface area contributed by atoms with E-state index < -0.39 is 17.9 Å². The van der Waals surface area contributed by atoms with Gasteiger partial charge in [0, 0.05) is 6.42 Å². The molecule has 0 aromatic carbocycles. The Morgan fingerprint density at radius 3 is 1.75 bits per heavy atom. The first-order valence-electron chi connectivity index (χ1n) is 9.68. The van der Waals surface area contributed by atoms with E-state index in [0.29, 0.717) is 6.42 Å². The summed E-state index contributed by atoms with van der Waals surface area (Å²) >= 11 is 0. The van der Waals surface area contributed by atoms with Gasteiger partial charge in [0.05, 0.1) is 0 Å². The smallest absolute Gasteiger partial charge is 0.340 e. The van der Waals surface area contributed by atoms with Gasteiger partial charge in [0.2, 0.25) is 6.10 Å². The number of Topliss-reactive ketones (excluding diaryl/α,β-unsaturated/α-hetero) is 1. The first-order valence-corrected chi connectivity index (χ1v) is 9.68. The number of hydrogen-bond donors (Lipinski definition) is 2. The lowest BCUT2D eigenvalue weighted by atomic mass is 10.0. The molecule has 0 fully saturated rings. The molecule has 0 aliphatic heterocycles. The molecule has 0 amide bonds. The van der Waals surface area contributed by atoms with Gasteiger partial charge in [-0.25, -0.2) is 4.79 Å². The molecule has 0 aliphatic rings. The largest absolute Gasteiger partial charge is 0.479 e. The summed E-state index contributed by atoms with van der Waals surface area (Å²) in [6.45, 7) is 2.24. The van der Waals surface area contributed by atoms with Crippen molar-refractivity contribution in [1.29, 1.82) is 0 Å². The van der Waals surface area contributed by atoms with Crippen molar-refractivity contribution in [3.8, 4) is 0 Å². The van der Waals surface area contributed by atoms with Gasteiger partial charge < -0.3 is 10.2 Å². The zero-order valence-electron chi connectivity index (χ0n) is 15.3. The van der Waals surface area contributed by atoms with Crippen molar-refractivity contribution >= 4 is 11.8 Å². The van der Waals surface area contributed by atoms with Crippen LogP contribution in [-0.2, 0) is 9.59 Å². The fraction of sp³-hybridized carbons (Fsp3) is 0.800. The number of aliphatic hydroxyl groups excluding tert-OH is 1. The van der Waals surface area contributed by atoms with Gasteiger partial charge >= 0.3 is 5.97 Å². The number of allylic oxidation sites excluding steroid dienone is 2. The summed E-state index contributed by atoms with van der Waals surface area (Å²) in [4.78, 5) is 21.7. The fourth-order valence-corrected chi connectivity index (χ4v) is 2.64. The van der Waals surface area contributed by atoms with Crippen LogP contribution in [0, 0.1) is 0 Å². The summed E-state index contributed by atoms with van der Waals surface area (Å²) in [6.07, 6.45) is 18.2. The number of carbonyl (C=O) groups excluding carboxylic acids is 1. The minimum atomic E-state index is -1.85. The highest BCUT2D eigenvalue weighted by molar-refractivity contribution is 6.00. The van der Waals surface area contributed by atoms with Gasteiger partial charge in [-0.3, -0.25) is 4.79 Å². The molecule has 0 heterocycles. The molecular formula is C20H36O4. The topological polar surface area (TPSA) is 74.6 Å². The monoisotopic (exact) mass is 340 g/mol. The predicted octanol–water partition coefficient (Wildman–Crippen LogP) is 5.04. The van der Waals surface area contributed by atoms with Gasteiger partial charge in [0.1, 0.15) is 0 Å². The Balaban J connectivity index is 3.29. The molecular weight excluding hydrogens is 304 g/mol. The molecule has 1 unspecified atom stereocenters. The van der Waals surface area contributed by atoms with Gasteiger partial charge in [-0.2, -0.15) is 0 Å². The maximum absolute atomic E-state index is 11.3. The molecule has 24 heavy (non-hydrogen) atoms. The normalized spacial score (nSPS) is 12.6. The average molecular weight is 341 g/mol. The number of rotatable bonds is 17. The number of carbonyl (C=O) groups is 2. The van der Waals surface area contributed by atoms with Crippen LogP contribution < -0.4 is 0 Å². The summed E-state index contributed by atoms with van der Waals surface area (Å²) in [5.41, 5.74) is 0. The number of aliphatic hydroxyl groups is 1. The van der Waals surface area contributed by atoms with Crippen LogP contribution in [0.5, 0.6) is 0 Å². The van der Waals surface area contributed by atoms with Crippen LogP contribution in [0.2, 0.25) is 0 Å². The second-order valence-electron chi connectivity index (χ2n) is 6.54. The van der Waals surface area contributed by atoms with E-state index in [0.717, 1.165) is 25.7 Å². The van der Waals surface area contributed by atoms with Crippen LogP contribution in [0.4, 0.5) is 0 Å². The Morgan fingerprint density at radius 2 is 1.25 bits per heavy atom. The van der Waals surface area contributed by atoms with Crippen LogP contribution in [0.3, 0.4) is 0 Å². The highest BCUT2D eigenvalue weighted by atomic mass is 16.4. The lowest BCUT2D eigenvalue weighted by Crippen LogP contribution is -2.29. The molecule has 0 rings (SSSR count). The highest BCUT2D eigenvalue weighted by Gasteiger charge is 2.21. The Bertz CT molecular complexity index is 350. The zero-order valence-corrected chi connectivity index (χ0v) is 15.3. The van der Waals surface area contributed by atoms with Crippen molar-refractivity contribution in [3.05, 3.63) is 12.2 Å². The van der Waals surface area contributed by atoms with Crippen LogP contribution in [0.25, 0.3) is 0 Å². The Labute approximate surface area is 147 Å². The van der Waals surface area contributed by atoms with Crippen molar-refractivity contribution in [2.45, 2.75) is 103 Å². The molecule has 4 heteroatoms. The SMILES string of the molecule is CCCCCCCC/C=C\CCCCCCCC(=O)C(O)C(=O)O. The first kappa shape index (κ1) is 22.8. The number of carboxylic acids is 1. The van der Waals surface area contributed by atoms with E-state index >= 15 is 0 Å². The van der Waals surface area contributed by atoms with Crippen LogP contribution in [-0.4, -0.2) is 28.1 Å². The molecule has 0 aliphatic carbocycles. The molecule has 0 radical (unpaired) electrons. The minimum Gasteiger partial charge on any atom is -0.479 e. The average Bonchev–Trinajstić information content (AvgIpc) is 2.57. The van der Waals surface area contributed by atoms with Crippen molar-refractivity contribution in [1.82, 2.24) is 0 Å². The maximum atomic E-state index is 11.3. The van der Waals surface area contributed by atoms with E-state index in [1.165, 1.54) is 51.4 Å². The van der Waals surface area contributed by atoms with Gasteiger partial charge in [-0.05, 0) is 32.1 Å². The second-order valence-corrected chi connectivity index (χ2v) is 6.54. The summed E-state index contributed by atoms with van der Waals surface area (Å²) in [7, 11) is 0. The van der Waals surface area contributed by atoms with Gasteiger partial charge in [0.25, 0.3) is 0 Å². The molecule has 0 saturated carbocycles. The molecule has 0 aromatic rings. The molecule has 140 valence electrons. The molecule has 1 atom stereocenters. The number of carboxylic acid groups (broad SMARTS) is 1. The van der Waals surface area contributed by atoms with Crippen LogP contribution in [0.15, 0.2) is 12.2 Å². The lowest BCUT2D eigenvalue weighted by Gasteiger charge is -2.04. The minimum absolute atomic E-state index is 0.158. The standard InChI is InChI=1S/C20H36O4/c1-2-3-4-5-6-7-8-9-10-11-12-13-14-15-16-17-18(21)19(22)20(23)24/h9-10,19,22H,2-8,11-17H2,1H3,(H,23,24)/b10-9-. The fourth-order valence-electron chi connectivity index (χ4n) is 2.64. The molecule has 0 bridgehead atoms. The van der Waals surface area contributed by atoms with E-state index in [1.54, 1.807) is 0 Å².